The normalized spacial score (nSPS) is 21.2. The molecular weight excluding hydrogens is 785 g/mol. The van der Waals surface area contributed by atoms with Gasteiger partial charge in [0.05, 0.1) is 27.9 Å². The number of aromatic hydroxyl groups is 1. The van der Waals surface area contributed by atoms with Gasteiger partial charge in [0, 0.05) is 27.0 Å². The number of carbonyl (C=O) groups is 4. The molecule has 5 N–H and O–H groups in total. The number of aliphatic carboxylic acids is 1. The quantitative estimate of drug-likeness (QED) is 0.0487. The number of carboxylic acids is 1. The summed E-state index contributed by atoms with van der Waals surface area (Å²) in [6.45, 7) is 17.3. The van der Waals surface area contributed by atoms with E-state index in [0.29, 0.717) is 24.8 Å². The van der Waals surface area contributed by atoms with Gasteiger partial charge in [-0.05, 0) is 81.2 Å². The molecule has 9 atom stereocenters. The number of hydrogen-bond donors (Lipinski definition) is 5. The number of aliphatic hydroxyl groups is 1. The largest absolute Gasteiger partial charge is 0.505 e. The van der Waals surface area contributed by atoms with E-state index >= 15 is 0 Å². The standard InChI is InChI=1S/C44H59Cl2N3O9/c1-11-17-27(5)34(57-10)24-35-43(7,58-35)40(53)49(9)36(26(4)13-3)39(52)47-33(23-28-21-31(45)37(50)32(46)22-28)38(51)48-44(8,41(54)55)42(6,56)25-30(18-12-2)29-19-15-14-16-20-29/h11-12,14-17,19-22,26,30,33-36,50,56H,1-2,13,18,23-25H2,3-10H3,(H,47,52)(H,48,51)(H,54,55)/b27-17+/t26?,30?,33?,34?,35-,36?,42?,43+,44?/m0/s1. The van der Waals surface area contributed by atoms with E-state index in [2.05, 4.69) is 23.8 Å². The molecule has 0 spiro atoms. The smallest absolute Gasteiger partial charge is 0.332 e. The molecule has 1 saturated heterocycles. The van der Waals surface area contributed by atoms with Crippen molar-refractivity contribution in [3.05, 3.63) is 101 Å². The minimum Gasteiger partial charge on any atom is -0.505 e. The second-order valence-electron chi connectivity index (χ2n) is 15.8. The van der Waals surface area contributed by atoms with Gasteiger partial charge < -0.3 is 40.3 Å². The van der Waals surface area contributed by atoms with Crippen LogP contribution in [0, 0.1) is 5.92 Å². The predicted octanol–water partition coefficient (Wildman–Crippen LogP) is 6.75. The fraction of sp³-hybridized carbons (Fsp3) is 0.500. The van der Waals surface area contributed by atoms with Gasteiger partial charge in [-0.25, -0.2) is 4.79 Å². The highest BCUT2D eigenvalue weighted by molar-refractivity contribution is 6.37. The monoisotopic (exact) mass is 843 g/mol. The number of benzene rings is 2. The van der Waals surface area contributed by atoms with Gasteiger partial charge >= 0.3 is 5.97 Å². The van der Waals surface area contributed by atoms with Crippen molar-refractivity contribution < 1.29 is 44.0 Å². The summed E-state index contributed by atoms with van der Waals surface area (Å²) in [4.78, 5) is 57.4. The molecule has 3 rings (SSSR count). The number of nitrogens with one attached hydrogen (secondary N) is 2. The van der Waals surface area contributed by atoms with E-state index in [-0.39, 0.29) is 40.7 Å². The lowest BCUT2D eigenvalue weighted by molar-refractivity contribution is -0.161. The average Bonchev–Trinajstić information content (AvgIpc) is 3.84. The van der Waals surface area contributed by atoms with Crippen LogP contribution in [0.25, 0.3) is 0 Å². The molecule has 1 fully saturated rings. The van der Waals surface area contributed by atoms with E-state index in [1.54, 1.807) is 33.1 Å². The number of epoxide rings is 1. The Kier molecular flexibility index (Phi) is 16.8. The minimum atomic E-state index is -2.28. The van der Waals surface area contributed by atoms with E-state index in [1.807, 2.05) is 50.3 Å². The lowest BCUT2D eigenvalue weighted by atomic mass is 9.74. The summed E-state index contributed by atoms with van der Waals surface area (Å²) >= 11 is 12.5. The SMILES string of the molecule is C=C/C=C(\C)C(C[C@@H]1O[C@@]1(C)C(=O)N(C)C(C(=O)NC(Cc1cc(Cl)c(O)c(Cl)c1)C(=O)NC(C)(C(=O)O)C(C)(O)CC(CC=C)c1ccccc1)C(C)CC)OC. The molecule has 2 aromatic carbocycles. The molecule has 7 unspecified atom stereocenters. The number of likely N-dealkylation sites (N-methyl/N-ethyl adjacent to an activating group) is 1. The molecule has 0 saturated carbocycles. The first-order valence-corrected chi connectivity index (χ1v) is 20.1. The summed E-state index contributed by atoms with van der Waals surface area (Å²) in [5.74, 6) is -4.74. The number of phenolic OH excluding ortho intramolecular Hbond substituents is 1. The third-order valence-electron chi connectivity index (χ3n) is 11.6. The van der Waals surface area contributed by atoms with E-state index in [0.717, 1.165) is 11.1 Å². The van der Waals surface area contributed by atoms with Crippen LogP contribution in [0.5, 0.6) is 5.75 Å². The van der Waals surface area contributed by atoms with Crippen LogP contribution in [0.2, 0.25) is 10.0 Å². The first kappa shape index (κ1) is 48.2. The van der Waals surface area contributed by atoms with Crippen LogP contribution in [0.3, 0.4) is 0 Å². The highest BCUT2D eigenvalue weighted by atomic mass is 35.5. The Hall–Kier alpha value is -4.20. The molecule has 318 valence electrons. The molecule has 3 amide bonds. The van der Waals surface area contributed by atoms with Gasteiger partial charge in [0.1, 0.15) is 12.1 Å². The van der Waals surface area contributed by atoms with Crippen LogP contribution in [0.1, 0.15) is 84.3 Å². The van der Waals surface area contributed by atoms with E-state index < -0.39 is 64.5 Å². The van der Waals surface area contributed by atoms with Gasteiger partial charge in [0.25, 0.3) is 5.91 Å². The number of nitrogens with zero attached hydrogens (tertiary/aromatic N) is 1. The van der Waals surface area contributed by atoms with Crippen LogP contribution >= 0.6 is 23.2 Å². The molecule has 12 nitrogen and oxygen atoms in total. The molecule has 1 aliphatic heterocycles. The summed E-state index contributed by atoms with van der Waals surface area (Å²) in [5.41, 5.74) is -3.49. The second kappa shape index (κ2) is 20.2. The van der Waals surface area contributed by atoms with E-state index in [4.69, 9.17) is 32.7 Å². The number of carboxylic acid groups (broad SMARTS) is 1. The summed E-state index contributed by atoms with van der Waals surface area (Å²) in [5, 5.41) is 37.9. The van der Waals surface area contributed by atoms with Crippen LogP contribution < -0.4 is 10.6 Å². The average molecular weight is 845 g/mol. The molecule has 1 heterocycles. The fourth-order valence-electron chi connectivity index (χ4n) is 7.33. The summed E-state index contributed by atoms with van der Waals surface area (Å²) in [6, 6.07) is 9.41. The first-order valence-electron chi connectivity index (χ1n) is 19.3. The number of phenols is 1. The highest BCUT2D eigenvalue weighted by Crippen LogP contribution is 2.43. The Labute approximate surface area is 352 Å². The zero-order valence-electron chi connectivity index (χ0n) is 34.7. The third-order valence-corrected chi connectivity index (χ3v) is 12.1. The molecule has 0 aliphatic carbocycles. The minimum absolute atomic E-state index is 0.0770. The Balaban J connectivity index is 1.99. The lowest BCUT2D eigenvalue weighted by Gasteiger charge is -2.42. The van der Waals surface area contributed by atoms with Gasteiger partial charge in [-0.2, -0.15) is 0 Å². The van der Waals surface area contributed by atoms with Gasteiger partial charge in [0.15, 0.2) is 16.9 Å². The molecule has 2 aromatic rings. The van der Waals surface area contributed by atoms with E-state index in [9.17, 15) is 34.5 Å². The number of allylic oxidation sites excluding steroid dienone is 3. The first-order chi connectivity index (χ1) is 27.1. The lowest BCUT2D eigenvalue weighted by Crippen LogP contribution is -2.69. The van der Waals surface area contributed by atoms with Crippen molar-refractivity contribution in [2.45, 2.75) is 121 Å². The van der Waals surface area contributed by atoms with Gasteiger partial charge in [0.2, 0.25) is 11.8 Å². The van der Waals surface area contributed by atoms with Crippen molar-refractivity contribution in [2.75, 3.05) is 14.2 Å². The highest BCUT2D eigenvalue weighted by Gasteiger charge is 2.61. The van der Waals surface area contributed by atoms with Crippen molar-refractivity contribution in [2.24, 2.45) is 5.92 Å². The molecule has 1 aliphatic rings. The van der Waals surface area contributed by atoms with Crippen LogP contribution in [-0.2, 0) is 35.1 Å². The number of hydrogen-bond acceptors (Lipinski definition) is 8. The topological polar surface area (TPSA) is 178 Å². The van der Waals surface area contributed by atoms with Gasteiger partial charge in [-0.15, -0.1) is 6.58 Å². The Morgan fingerprint density at radius 1 is 1.10 bits per heavy atom. The molecular formula is C44H59Cl2N3O9. The number of methoxy groups -OCH3 is 1. The van der Waals surface area contributed by atoms with Gasteiger partial charge in [-0.3, -0.25) is 14.4 Å². The Morgan fingerprint density at radius 3 is 2.22 bits per heavy atom. The van der Waals surface area contributed by atoms with Crippen LogP contribution in [0.15, 0.2) is 79.4 Å². The fourth-order valence-corrected chi connectivity index (χ4v) is 7.86. The summed E-state index contributed by atoms with van der Waals surface area (Å²) in [6.07, 6.45) is 5.25. The van der Waals surface area contributed by atoms with Crippen LogP contribution in [-0.4, -0.2) is 99.1 Å². The van der Waals surface area contributed by atoms with Crippen molar-refractivity contribution >= 4 is 46.9 Å². The van der Waals surface area contributed by atoms with Crippen LogP contribution in [0.4, 0.5) is 0 Å². The number of ether oxygens (including phenoxy) is 2. The van der Waals surface area contributed by atoms with Crippen molar-refractivity contribution in [3.63, 3.8) is 0 Å². The number of amides is 3. The number of rotatable bonds is 22. The summed E-state index contributed by atoms with van der Waals surface area (Å²) in [7, 11) is 3.07. The molecule has 58 heavy (non-hydrogen) atoms. The Morgan fingerprint density at radius 2 is 1.71 bits per heavy atom. The number of halogens is 2. The van der Waals surface area contributed by atoms with Crippen molar-refractivity contribution in [1.82, 2.24) is 15.5 Å². The zero-order valence-corrected chi connectivity index (χ0v) is 36.2. The molecule has 0 radical (unpaired) electrons. The molecule has 0 aromatic heterocycles. The van der Waals surface area contributed by atoms with Crippen molar-refractivity contribution in [3.8, 4) is 5.75 Å². The Bertz CT molecular complexity index is 1830. The molecule has 0 bridgehead atoms. The zero-order chi connectivity index (χ0) is 43.7. The maximum Gasteiger partial charge on any atom is 0.332 e. The maximum absolute atomic E-state index is 14.4. The van der Waals surface area contributed by atoms with E-state index in [1.165, 1.54) is 37.9 Å². The van der Waals surface area contributed by atoms with Gasteiger partial charge in [-0.1, -0.05) is 98.6 Å². The maximum atomic E-state index is 14.4. The van der Waals surface area contributed by atoms with Crippen molar-refractivity contribution in [1.29, 1.82) is 0 Å². The molecule has 14 heteroatoms. The number of carbonyl (C=O) groups excluding carboxylic acids is 3. The third kappa shape index (κ3) is 11.1. The predicted molar refractivity (Wildman–Crippen MR) is 226 cm³/mol. The summed E-state index contributed by atoms with van der Waals surface area (Å²) < 4.78 is 11.6. The second-order valence-corrected chi connectivity index (χ2v) is 16.6.